The topological polar surface area (TPSA) is 53.0 Å². The molecule has 154 valence electrons. The van der Waals surface area contributed by atoms with Crippen LogP contribution in [0.3, 0.4) is 0 Å². The fourth-order valence-corrected chi connectivity index (χ4v) is 4.70. The van der Waals surface area contributed by atoms with Gasteiger partial charge in [-0.2, -0.15) is 0 Å². The zero-order valence-corrected chi connectivity index (χ0v) is 17.7. The van der Waals surface area contributed by atoms with Crippen molar-refractivity contribution in [1.29, 1.82) is 0 Å². The smallest absolute Gasteiger partial charge is 0.225 e. The van der Waals surface area contributed by atoms with Gasteiger partial charge in [0.05, 0.1) is 6.10 Å². The van der Waals surface area contributed by atoms with E-state index in [1.807, 2.05) is 18.7 Å². The van der Waals surface area contributed by atoms with Crippen LogP contribution in [0.25, 0.3) is 0 Å². The molecule has 0 spiro atoms. The van der Waals surface area contributed by atoms with Gasteiger partial charge in [-0.15, -0.1) is 0 Å². The van der Waals surface area contributed by atoms with Crippen LogP contribution in [0.4, 0.5) is 0 Å². The monoisotopic (exact) mass is 386 g/mol. The minimum absolute atomic E-state index is 0.0626. The molecule has 1 fully saturated rings. The first-order chi connectivity index (χ1) is 13.3. The fourth-order valence-electron chi connectivity index (χ4n) is 4.70. The lowest BCUT2D eigenvalue weighted by atomic mass is 9.72. The van der Waals surface area contributed by atoms with Crippen molar-refractivity contribution in [1.82, 2.24) is 9.80 Å². The predicted octanol–water partition coefficient (Wildman–Crippen LogP) is 2.87. The second-order valence-corrected chi connectivity index (χ2v) is 8.37. The van der Waals surface area contributed by atoms with Gasteiger partial charge in [0.1, 0.15) is 12.4 Å². The van der Waals surface area contributed by atoms with E-state index < -0.39 is 6.10 Å². The van der Waals surface area contributed by atoms with Crippen LogP contribution in [0.5, 0.6) is 5.75 Å². The number of nitrogens with zero attached hydrogens (tertiary/aromatic N) is 2. The number of piperazine rings is 1. The summed E-state index contributed by atoms with van der Waals surface area (Å²) in [6.45, 7) is 13.6. The maximum absolute atomic E-state index is 13.1. The molecule has 5 nitrogen and oxygen atoms in total. The van der Waals surface area contributed by atoms with Gasteiger partial charge in [0.15, 0.2) is 0 Å². The number of aryl methyl sites for hydroxylation is 1. The van der Waals surface area contributed by atoms with Gasteiger partial charge < -0.3 is 19.6 Å². The van der Waals surface area contributed by atoms with Gasteiger partial charge in [-0.1, -0.05) is 19.6 Å². The Morgan fingerprint density at radius 2 is 2.04 bits per heavy atom. The van der Waals surface area contributed by atoms with E-state index in [4.69, 9.17) is 4.74 Å². The number of benzene rings is 1. The summed E-state index contributed by atoms with van der Waals surface area (Å²) in [7, 11) is 2.09. The van der Waals surface area contributed by atoms with Crippen molar-refractivity contribution >= 4 is 5.91 Å². The first-order valence-corrected chi connectivity index (χ1v) is 10.4. The number of aliphatic hydroxyl groups is 1. The number of fused-ring (bicyclic) bond motifs is 1. The highest BCUT2D eigenvalue weighted by molar-refractivity contribution is 5.79. The van der Waals surface area contributed by atoms with Gasteiger partial charge in [0.2, 0.25) is 5.91 Å². The van der Waals surface area contributed by atoms with Gasteiger partial charge >= 0.3 is 0 Å². The molecule has 1 aromatic rings. The fraction of sp³-hybridized carbons (Fsp3) is 0.609. The highest BCUT2D eigenvalue weighted by Gasteiger charge is 2.38. The van der Waals surface area contributed by atoms with Gasteiger partial charge in [0, 0.05) is 38.0 Å². The lowest BCUT2D eigenvalue weighted by Gasteiger charge is -2.39. The first-order valence-electron chi connectivity index (χ1n) is 10.4. The summed E-state index contributed by atoms with van der Waals surface area (Å²) in [5.41, 5.74) is 4.31. The van der Waals surface area contributed by atoms with E-state index >= 15 is 0 Å². The second kappa shape index (κ2) is 8.66. The van der Waals surface area contributed by atoms with E-state index in [9.17, 15) is 9.90 Å². The molecule has 1 aliphatic carbocycles. The molecule has 1 amide bonds. The Balaban J connectivity index is 1.83. The van der Waals surface area contributed by atoms with Crippen LogP contribution in [-0.2, 0) is 11.2 Å². The maximum atomic E-state index is 13.1. The van der Waals surface area contributed by atoms with Crippen LogP contribution >= 0.6 is 0 Å². The Morgan fingerprint density at radius 3 is 2.68 bits per heavy atom. The van der Waals surface area contributed by atoms with Crippen molar-refractivity contribution in [3.63, 3.8) is 0 Å². The molecule has 0 saturated carbocycles. The molecule has 1 aliphatic heterocycles. The number of ether oxygens (including phenoxy) is 1. The molecule has 3 rings (SSSR count). The summed E-state index contributed by atoms with van der Waals surface area (Å²) in [5, 5.41) is 11.3. The summed E-state index contributed by atoms with van der Waals surface area (Å²) in [6.07, 6.45) is 2.82. The summed E-state index contributed by atoms with van der Waals surface area (Å²) >= 11 is 0. The molecule has 1 heterocycles. The van der Waals surface area contributed by atoms with E-state index in [1.54, 1.807) is 6.08 Å². The Kier molecular flexibility index (Phi) is 6.46. The highest BCUT2D eigenvalue weighted by Crippen LogP contribution is 2.44. The van der Waals surface area contributed by atoms with Crippen LogP contribution in [0, 0.1) is 25.7 Å². The number of hydrogen-bond donors (Lipinski definition) is 1. The van der Waals surface area contributed by atoms with Crippen LogP contribution in [0.1, 0.15) is 41.7 Å². The average Bonchev–Trinajstić information content (AvgIpc) is 2.69. The molecule has 0 unspecified atom stereocenters. The lowest BCUT2D eigenvalue weighted by Crippen LogP contribution is -2.50. The maximum Gasteiger partial charge on any atom is 0.225 e. The van der Waals surface area contributed by atoms with Gasteiger partial charge in [-0.25, -0.2) is 0 Å². The van der Waals surface area contributed by atoms with Crippen molar-refractivity contribution in [2.75, 3.05) is 39.8 Å². The van der Waals surface area contributed by atoms with Gasteiger partial charge in [-0.3, -0.25) is 4.79 Å². The molecule has 28 heavy (non-hydrogen) atoms. The Bertz CT molecular complexity index is 738. The van der Waals surface area contributed by atoms with E-state index in [-0.39, 0.29) is 17.7 Å². The van der Waals surface area contributed by atoms with E-state index in [0.29, 0.717) is 6.61 Å². The molecule has 1 N–H and O–H groups in total. The number of hydrogen-bond acceptors (Lipinski definition) is 4. The van der Waals surface area contributed by atoms with Crippen LogP contribution in [0.15, 0.2) is 18.7 Å². The quantitative estimate of drug-likeness (QED) is 0.791. The molecule has 0 bridgehead atoms. The lowest BCUT2D eigenvalue weighted by molar-refractivity contribution is -0.140. The van der Waals surface area contributed by atoms with Crippen molar-refractivity contribution in [2.24, 2.45) is 11.8 Å². The van der Waals surface area contributed by atoms with Crippen molar-refractivity contribution in [3.8, 4) is 5.75 Å². The minimum Gasteiger partial charge on any atom is -0.489 e. The third kappa shape index (κ3) is 3.96. The number of carbonyl (C=O) groups excluding carboxylic acids is 1. The summed E-state index contributed by atoms with van der Waals surface area (Å²) < 4.78 is 5.82. The van der Waals surface area contributed by atoms with Gasteiger partial charge in [0.25, 0.3) is 0 Å². The predicted molar refractivity (Wildman–Crippen MR) is 112 cm³/mol. The minimum atomic E-state index is -0.638. The standard InChI is InChI=1S/C23H34N2O3/c1-6-13-28-20-14-15(2)18-7-8-19(22(26)21(18)17(20)4)16(3)23(27)25-11-9-24(5)10-12-25/h6,14,16,19,22,26H,1,7-13H2,2-5H3/t16-,19+,22+/m0/s1. The normalized spacial score (nSPS) is 23.8. The highest BCUT2D eigenvalue weighted by atomic mass is 16.5. The summed E-state index contributed by atoms with van der Waals surface area (Å²) in [6, 6.07) is 2.06. The van der Waals surface area contributed by atoms with Crippen molar-refractivity contribution < 1.29 is 14.6 Å². The molecular weight excluding hydrogens is 352 g/mol. The van der Waals surface area contributed by atoms with Crippen LogP contribution in [0.2, 0.25) is 0 Å². The number of amides is 1. The summed E-state index contributed by atoms with van der Waals surface area (Å²) in [5.74, 6) is 0.722. The van der Waals surface area contributed by atoms with E-state index in [0.717, 1.165) is 61.5 Å². The number of rotatable bonds is 5. The third-order valence-electron chi connectivity index (χ3n) is 6.55. The number of carbonyl (C=O) groups is 1. The number of likely N-dealkylation sites (N-methyl/N-ethyl adjacent to an activating group) is 1. The SMILES string of the molecule is C=CCOc1cc(C)c2c(c1C)[C@H](O)[C@@H]([C@H](C)C(=O)N1CCN(C)CC1)CC2. The first kappa shape index (κ1) is 20.9. The van der Waals surface area contributed by atoms with Crippen molar-refractivity contribution in [3.05, 3.63) is 41.0 Å². The van der Waals surface area contributed by atoms with E-state index in [1.165, 1.54) is 5.56 Å². The zero-order chi connectivity index (χ0) is 20.4. The molecule has 1 saturated heterocycles. The molecular formula is C23H34N2O3. The second-order valence-electron chi connectivity index (χ2n) is 8.37. The molecule has 2 aliphatic rings. The molecule has 1 aromatic carbocycles. The Hall–Kier alpha value is -1.85. The van der Waals surface area contributed by atoms with Crippen LogP contribution in [-0.4, -0.2) is 60.6 Å². The third-order valence-corrected chi connectivity index (χ3v) is 6.55. The largest absolute Gasteiger partial charge is 0.489 e. The van der Waals surface area contributed by atoms with E-state index in [2.05, 4.69) is 31.5 Å². The molecule has 0 radical (unpaired) electrons. The zero-order valence-electron chi connectivity index (χ0n) is 17.7. The molecule has 5 heteroatoms. The van der Waals surface area contributed by atoms with Gasteiger partial charge in [-0.05, 0) is 62.1 Å². The molecule has 0 aromatic heterocycles. The molecule has 3 atom stereocenters. The summed E-state index contributed by atoms with van der Waals surface area (Å²) in [4.78, 5) is 17.3. The van der Waals surface area contributed by atoms with Crippen molar-refractivity contribution in [2.45, 2.75) is 39.7 Å². The van der Waals surface area contributed by atoms with Crippen LogP contribution < -0.4 is 4.74 Å². The average molecular weight is 387 g/mol. The Labute approximate surface area is 169 Å². The number of aliphatic hydroxyl groups excluding tert-OH is 1. The Morgan fingerprint density at radius 1 is 1.36 bits per heavy atom.